The van der Waals surface area contributed by atoms with Gasteiger partial charge in [0, 0.05) is 24.8 Å². The Hall–Kier alpha value is -3.23. The van der Waals surface area contributed by atoms with Crippen LogP contribution in [-0.2, 0) is 0 Å². The first-order chi connectivity index (χ1) is 14.7. The van der Waals surface area contributed by atoms with Gasteiger partial charge in [-0.15, -0.1) is 13.2 Å². The van der Waals surface area contributed by atoms with Crippen LogP contribution in [0.25, 0.3) is 0 Å². The van der Waals surface area contributed by atoms with Crippen molar-refractivity contribution in [3.8, 4) is 5.75 Å². The average Bonchev–Trinajstić information content (AvgIpc) is 2.98. The van der Waals surface area contributed by atoms with Crippen molar-refractivity contribution < 1.29 is 27.5 Å². The van der Waals surface area contributed by atoms with Gasteiger partial charge in [-0.25, -0.2) is 0 Å². The summed E-state index contributed by atoms with van der Waals surface area (Å²) in [6, 6.07) is 9.84. The molecule has 4 rings (SSSR count). The molecule has 2 aromatic carbocycles. The highest BCUT2D eigenvalue weighted by atomic mass is 19.4. The van der Waals surface area contributed by atoms with Gasteiger partial charge in [-0.05, 0) is 61.7 Å². The van der Waals surface area contributed by atoms with Gasteiger partial charge in [0.2, 0.25) is 0 Å². The van der Waals surface area contributed by atoms with Crippen LogP contribution in [0.2, 0.25) is 0 Å². The van der Waals surface area contributed by atoms with E-state index in [4.69, 9.17) is 0 Å². The second kappa shape index (κ2) is 8.13. The number of nitrogens with zero attached hydrogens (tertiary/aromatic N) is 2. The number of nitrogens with one attached hydrogen (secondary N) is 1. The maximum absolute atomic E-state index is 13.0. The van der Waals surface area contributed by atoms with Crippen LogP contribution in [-0.4, -0.2) is 42.8 Å². The lowest BCUT2D eigenvalue weighted by Gasteiger charge is -2.43. The molecule has 1 N–H and O–H groups in total. The zero-order chi connectivity index (χ0) is 22.2. The maximum atomic E-state index is 13.0. The molecule has 0 unspecified atom stereocenters. The van der Waals surface area contributed by atoms with Gasteiger partial charge in [0.05, 0.1) is 11.3 Å². The number of carbonyl (C=O) groups excluding carboxylic acids is 2. The van der Waals surface area contributed by atoms with Gasteiger partial charge < -0.3 is 19.9 Å². The molecule has 2 amide bonds. The van der Waals surface area contributed by atoms with Crippen LogP contribution < -0.4 is 15.0 Å². The van der Waals surface area contributed by atoms with Crippen LogP contribution in [0.5, 0.6) is 5.75 Å². The fourth-order valence-corrected chi connectivity index (χ4v) is 4.13. The minimum atomic E-state index is -4.77. The van der Waals surface area contributed by atoms with Gasteiger partial charge in [-0.2, -0.15) is 0 Å². The van der Waals surface area contributed by atoms with Gasteiger partial charge in [0.25, 0.3) is 11.8 Å². The lowest BCUT2D eigenvalue weighted by atomic mass is 10.0. The predicted molar refractivity (Wildman–Crippen MR) is 109 cm³/mol. The van der Waals surface area contributed by atoms with E-state index in [1.54, 1.807) is 18.2 Å². The smallest absolute Gasteiger partial charge is 0.406 e. The third-order valence-corrected chi connectivity index (χ3v) is 5.65. The van der Waals surface area contributed by atoms with Crippen LogP contribution in [0, 0.1) is 0 Å². The van der Waals surface area contributed by atoms with Crippen LogP contribution in [0.1, 0.15) is 46.4 Å². The van der Waals surface area contributed by atoms with E-state index in [1.807, 2.05) is 16.8 Å². The van der Waals surface area contributed by atoms with Gasteiger partial charge in [-0.3, -0.25) is 9.59 Å². The van der Waals surface area contributed by atoms with Crippen LogP contribution in [0.3, 0.4) is 0 Å². The van der Waals surface area contributed by atoms with E-state index in [0.29, 0.717) is 22.5 Å². The SMILES string of the molecule is CN1c2cc(C(=O)Nc3ccc(OC(F)(F)F)cc3)ccc2C(=O)N2CCCCC[C@@H]21. The minimum Gasteiger partial charge on any atom is -0.406 e. The number of fused-ring (bicyclic) bond motifs is 2. The largest absolute Gasteiger partial charge is 0.573 e. The quantitative estimate of drug-likeness (QED) is 0.767. The zero-order valence-electron chi connectivity index (χ0n) is 16.9. The van der Waals surface area contributed by atoms with Crippen molar-refractivity contribution in [1.29, 1.82) is 0 Å². The van der Waals surface area contributed by atoms with E-state index < -0.39 is 12.3 Å². The molecule has 164 valence electrons. The highest BCUT2D eigenvalue weighted by molar-refractivity contribution is 6.08. The number of hydrogen-bond acceptors (Lipinski definition) is 4. The first-order valence-electron chi connectivity index (χ1n) is 10.1. The lowest BCUT2D eigenvalue weighted by Crippen LogP contribution is -2.53. The van der Waals surface area contributed by atoms with E-state index in [9.17, 15) is 22.8 Å². The van der Waals surface area contributed by atoms with E-state index in [1.165, 1.54) is 12.1 Å². The van der Waals surface area contributed by atoms with E-state index in [2.05, 4.69) is 10.1 Å². The first-order valence-corrected chi connectivity index (χ1v) is 10.1. The van der Waals surface area contributed by atoms with E-state index in [0.717, 1.165) is 44.4 Å². The molecule has 0 bridgehead atoms. The third-order valence-electron chi connectivity index (χ3n) is 5.65. The molecule has 9 heteroatoms. The number of alkyl halides is 3. The average molecular weight is 433 g/mol. The van der Waals surface area contributed by atoms with Gasteiger partial charge in [0.1, 0.15) is 11.9 Å². The number of rotatable bonds is 3. The molecule has 1 fully saturated rings. The molecule has 6 nitrogen and oxygen atoms in total. The predicted octanol–water partition coefficient (Wildman–Crippen LogP) is 4.63. The maximum Gasteiger partial charge on any atom is 0.573 e. The first kappa shape index (κ1) is 21.0. The van der Waals surface area contributed by atoms with E-state index in [-0.39, 0.29) is 17.8 Å². The van der Waals surface area contributed by atoms with E-state index >= 15 is 0 Å². The van der Waals surface area contributed by atoms with Crippen molar-refractivity contribution in [1.82, 2.24) is 4.90 Å². The standard InChI is InChI=1S/C22H22F3N3O3/c1-27-18-13-14(6-11-17(18)21(30)28-12-4-2-3-5-19(27)28)20(29)26-15-7-9-16(10-8-15)31-22(23,24)25/h6-11,13,19H,2-5,12H2,1H3,(H,26,29)/t19-/m1/s1. The molecule has 2 aliphatic heterocycles. The Kier molecular flexibility index (Phi) is 5.51. The number of benzene rings is 2. The van der Waals surface area contributed by atoms with Crippen LogP contribution in [0.4, 0.5) is 24.5 Å². The number of ether oxygens (including phenoxy) is 1. The Morgan fingerprint density at radius 3 is 2.55 bits per heavy atom. The molecule has 0 aliphatic carbocycles. The molecule has 0 radical (unpaired) electrons. The topological polar surface area (TPSA) is 61.9 Å². The summed E-state index contributed by atoms with van der Waals surface area (Å²) in [6.07, 6.45) is -0.803. The summed E-state index contributed by atoms with van der Waals surface area (Å²) in [7, 11) is 1.93. The summed E-state index contributed by atoms with van der Waals surface area (Å²) in [5.74, 6) is -0.809. The molecule has 2 aliphatic rings. The van der Waals surface area contributed by atoms with Crippen molar-refractivity contribution in [3.05, 3.63) is 53.6 Å². The zero-order valence-corrected chi connectivity index (χ0v) is 16.9. The summed E-state index contributed by atoms with van der Waals surface area (Å²) >= 11 is 0. The summed E-state index contributed by atoms with van der Waals surface area (Å²) in [5, 5.41) is 2.66. The Morgan fingerprint density at radius 1 is 1.10 bits per heavy atom. The van der Waals surface area contributed by atoms with Crippen molar-refractivity contribution in [2.45, 2.75) is 38.2 Å². The number of carbonyl (C=O) groups is 2. The fourth-order valence-electron chi connectivity index (χ4n) is 4.13. The normalized spacial score (nSPS) is 18.7. The molecule has 1 saturated heterocycles. The highest BCUT2D eigenvalue weighted by Gasteiger charge is 2.36. The molecular weight excluding hydrogens is 411 g/mol. The summed E-state index contributed by atoms with van der Waals surface area (Å²) in [6.45, 7) is 0.726. The second-order valence-electron chi connectivity index (χ2n) is 7.70. The molecular formula is C22H22F3N3O3. The monoisotopic (exact) mass is 433 g/mol. The minimum absolute atomic E-state index is 0.0211. The van der Waals surface area contributed by atoms with Gasteiger partial charge in [0.15, 0.2) is 0 Å². The highest BCUT2D eigenvalue weighted by Crippen LogP contribution is 2.34. The van der Waals surface area contributed by atoms with Crippen molar-refractivity contribution in [3.63, 3.8) is 0 Å². The Labute approximate surface area is 177 Å². The fraction of sp³-hybridized carbons (Fsp3) is 0.364. The summed E-state index contributed by atoms with van der Waals surface area (Å²) in [4.78, 5) is 29.6. The lowest BCUT2D eigenvalue weighted by molar-refractivity contribution is -0.274. The molecule has 0 spiro atoms. The van der Waals surface area contributed by atoms with Crippen molar-refractivity contribution >= 4 is 23.2 Å². The Bertz CT molecular complexity index is 992. The molecule has 2 aromatic rings. The van der Waals surface area contributed by atoms with Crippen molar-refractivity contribution in [2.24, 2.45) is 0 Å². The van der Waals surface area contributed by atoms with Crippen LogP contribution >= 0.6 is 0 Å². The molecule has 31 heavy (non-hydrogen) atoms. The molecule has 2 heterocycles. The number of amides is 2. The third kappa shape index (κ3) is 4.45. The number of hydrogen-bond donors (Lipinski definition) is 1. The second-order valence-corrected chi connectivity index (χ2v) is 7.70. The Balaban J connectivity index is 1.52. The molecule has 1 atom stereocenters. The number of halogens is 3. The molecule has 0 aromatic heterocycles. The number of anilines is 2. The Morgan fingerprint density at radius 2 is 1.84 bits per heavy atom. The molecule has 0 saturated carbocycles. The van der Waals surface area contributed by atoms with Gasteiger partial charge >= 0.3 is 6.36 Å². The summed E-state index contributed by atoms with van der Waals surface area (Å²) in [5.41, 5.74) is 1.95. The van der Waals surface area contributed by atoms with Crippen LogP contribution in [0.15, 0.2) is 42.5 Å². The van der Waals surface area contributed by atoms with Gasteiger partial charge in [-0.1, -0.05) is 6.42 Å². The van der Waals surface area contributed by atoms with Crippen molar-refractivity contribution in [2.75, 3.05) is 23.8 Å². The summed E-state index contributed by atoms with van der Waals surface area (Å²) < 4.78 is 40.7.